The molecule has 0 fully saturated rings. The summed E-state index contributed by atoms with van der Waals surface area (Å²) in [6, 6.07) is 11.7. The van der Waals surface area contributed by atoms with E-state index in [1.165, 1.54) is 0 Å². The minimum Gasteiger partial charge on any atom is -0.493 e. The largest absolute Gasteiger partial charge is 0.493 e. The van der Waals surface area contributed by atoms with Crippen molar-refractivity contribution in [2.45, 2.75) is 6.92 Å². The zero-order valence-electron chi connectivity index (χ0n) is 10.9. The smallest absolute Gasteiger partial charge is 0.168 e. The van der Waals surface area contributed by atoms with Crippen molar-refractivity contribution in [3.05, 3.63) is 42.0 Å². The molecule has 0 saturated heterocycles. The number of anilines is 1. The molecular weight excluding hydrogens is 226 g/mol. The van der Waals surface area contributed by atoms with Gasteiger partial charge in [0.05, 0.1) is 14.2 Å². The molecule has 0 unspecified atom stereocenters. The Morgan fingerprint density at radius 3 is 2.39 bits per heavy atom. The van der Waals surface area contributed by atoms with E-state index in [1.54, 1.807) is 14.2 Å². The van der Waals surface area contributed by atoms with Gasteiger partial charge in [0, 0.05) is 16.8 Å². The Hall–Kier alpha value is -2.16. The highest BCUT2D eigenvalue weighted by molar-refractivity contribution is 5.82. The Bertz CT molecular complexity index is 564. The monoisotopic (exact) mass is 243 g/mol. The van der Waals surface area contributed by atoms with E-state index in [1.807, 2.05) is 43.3 Å². The first-order valence-electron chi connectivity index (χ1n) is 5.75. The average Bonchev–Trinajstić information content (AvgIpc) is 2.40. The molecule has 0 aromatic heterocycles. The van der Waals surface area contributed by atoms with Crippen LogP contribution in [0.2, 0.25) is 0 Å². The van der Waals surface area contributed by atoms with Crippen molar-refractivity contribution >= 4 is 5.69 Å². The molecule has 3 heteroatoms. The number of ether oxygens (including phenoxy) is 2. The molecule has 3 nitrogen and oxygen atoms in total. The second kappa shape index (κ2) is 5.00. The van der Waals surface area contributed by atoms with Gasteiger partial charge in [-0.2, -0.15) is 0 Å². The number of rotatable bonds is 3. The van der Waals surface area contributed by atoms with Crippen LogP contribution in [0.5, 0.6) is 11.5 Å². The molecule has 2 aromatic carbocycles. The van der Waals surface area contributed by atoms with E-state index < -0.39 is 0 Å². The molecule has 0 atom stereocenters. The van der Waals surface area contributed by atoms with Crippen molar-refractivity contribution < 1.29 is 9.47 Å². The van der Waals surface area contributed by atoms with Crippen LogP contribution in [-0.2, 0) is 0 Å². The van der Waals surface area contributed by atoms with Gasteiger partial charge in [-0.15, -0.1) is 0 Å². The lowest BCUT2D eigenvalue weighted by Crippen LogP contribution is -1.96. The van der Waals surface area contributed by atoms with Gasteiger partial charge in [-0.25, -0.2) is 0 Å². The number of nitrogens with two attached hydrogens (primary N) is 1. The summed E-state index contributed by atoms with van der Waals surface area (Å²) in [6.45, 7) is 2.04. The number of hydrogen-bond acceptors (Lipinski definition) is 3. The quantitative estimate of drug-likeness (QED) is 0.841. The summed E-state index contributed by atoms with van der Waals surface area (Å²) in [5, 5.41) is 0. The lowest BCUT2D eigenvalue weighted by atomic mass is 10.0. The van der Waals surface area contributed by atoms with Gasteiger partial charge in [0.2, 0.25) is 0 Å². The summed E-state index contributed by atoms with van der Waals surface area (Å²) in [6.07, 6.45) is 0. The Kier molecular flexibility index (Phi) is 3.42. The molecule has 2 aromatic rings. The fraction of sp³-hybridized carbons (Fsp3) is 0.200. The van der Waals surface area contributed by atoms with Crippen molar-refractivity contribution in [1.82, 2.24) is 0 Å². The molecule has 0 aliphatic carbocycles. The molecule has 0 aliphatic rings. The van der Waals surface area contributed by atoms with Gasteiger partial charge in [0.15, 0.2) is 11.5 Å². The molecule has 0 saturated carbocycles. The standard InChI is InChI=1S/C15H17NO2/c1-10-7-8-13(16)12(9-10)11-5-4-6-14(17-2)15(11)18-3/h4-9H,16H2,1-3H3. The third-order valence-corrected chi connectivity index (χ3v) is 2.90. The molecule has 0 radical (unpaired) electrons. The fourth-order valence-electron chi connectivity index (χ4n) is 2.00. The SMILES string of the molecule is COc1cccc(-c2cc(C)ccc2N)c1OC. The Balaban J connectivity index is 2.66. The summed E-state index contributed by atoms with van der Waals surface area (Å²) in [5.41, 5.74) is 9.83. The molecule has 18 heavy (non-hydrogen) atoms. The van der Waals surface area contributed by atoms with Gasteiger partial charge in [0.1, 0.15) is 0 Å². The van der Waals surface area contributed by atoms with Crippen molar-refractivity contribution in [2.75, 3.05) is 20.0 Å². The third kappa shape index (κ3) is 2.12. The van der Waals surface area contributed by atoms with E-state index in [0.717, 1.165) is 22.4 Å². The van der Waals surface area contributed by atoms with Crippen LogP contribution in [0, 0.1) is 6.92 Å². The molecule has 0 amide bonds. The number of methoxy groups -OCH3 is 2. The molecule has 2 rings (SSSR count). The van der Waals surface area contributed by atoms with Gasteiger partial charge in [0.25, 0.3) is 0 Å². The zero-order valence-corrected chi connectivity index (χ0v) is 10.9. The lowest BCUT2D eigenvalue weighted by Gasteiger charge is -2.14. The van der Waals surface area contributed by atoms with E-state index in [-0.39, 0.29) is 0 Å². The number of benzene rings is 2. The zero-order chi connectivity index (χ0) is 13.1. The average molecular weight is 243 g/mol. The van der Waals surface area contributed by atoms with Gasteiger partial charge >= 0.3 is 0 Å². The van der Waals surface area contributed by atoms with Crippen molar-refractivity contribution in [1.29, 1.82) is 0 Å². The minimum atomic E-state index is 0.705. The molecule has 0 heterocycles. The normalized spacial score (nSPS) is 10.2. The van der Waals surface area contributed by atoms with Crippen LogP contribution in [-0.4, -0.2) is 14.2 Å². The highest BCUT2D eigenvalue weighted by atomic mass is 16.5. The van der Waals surface area contributed by atoms with E-state index in [9.17, 15) is 0 Å². The Morgan fingerprint density at radius 1 is 0.944 bits per heavy atom. The number of para-hydroxylation sites is 1. The third-order valence-electron chi connectivity index (χ3n) is 2.90. The van der Waals surface area contributed by atoms with Gasteiger partial charge in [-0.3, -0.25) is 0 Å². The van der Waals surface area contributed by atoms with Gasteiger partial charge < -0.3 is 15.2 Å². The van der Waals surface area contributed by atoms with Crippen LogP contribution in [0.1, 0.15) is 5.56 Å². The van der Waals surface area contributed by atoms with Crippen molar-refractivity contribution in [3.63, 3.8) is 0 Å². The van der Waals surface area contributed by atoms with Crippen LogP contribution >= 0.6 is 0 Å². The van der Waals surface area contributed by atoms with Crippen molar-refractivity contribution in [2.24, 2.45) is 0 Å². The Morgan fingerprint density at radius 2 is 1.72 bits per heavy atom. The predicted octanol–water partition coefficient (Wildman–Crippen LogP) is 3.26. The molecule has 2 N–H and O–H groups in total. The maximum absolute atomic E-state index is 6.04. The van der Waals surface area contributed by atoms with Crippen LogP contribution in [0.4, 0.5) is 5.69 Å². The number of aryl methyl sites for hydroxylation is 1. The molecule has 94 valence electrons. The minimum absolute atomic E-state index is 0.705. The van der Waals surface area contributed by atoms with Crippen LogP contribution < -0.4 is 15.2 Å². The first kappa shape index (κ1) is 12.3. The summed E-state index contributed by atoms with van der Waals surface area (Å²) < 4.78 is 10.7. The Labute approximate surface area is 107 Å². The van der Waals surface area contributed by atoms with E-state index in [0.29, 0.717) is 11.5 Å². The maximum atomic E-state index is 6.04. The second-order valence-corrected chi connectivity index (χ2v) is 4.13. The first-order valence-corrected chi connectivity index (χ1v) is 5.75. The van der Waals surface area contributed by atoms with Crippen LogP contribution in [0.15, 0.2) is 36.4 Å². The number of nitrogen functional groups attached to an aromatic ring is 1. The number of hydrogen-bond donors (Lipinski definition) is 1. The van der Waals surface area contributed by atoms with Gasteiger partial charge in [-0.05, 0) is 25.1 Å². The van der Waals surface area contributed by atoms with E-state index >= 15 is 0 Å². The molecular formula is C15H17NO2. The summed E-state index contributed by atoms with van der Waals surface area (Å²) in [7, 11) is 3.26. The lowest BCUT2D eigenvalue weighted by molar-refractivity contribution is 0.356. The van der Waals surface area contributed by atoms with Crippen LogP contribution in [0.25, 0.3) is 11.1 Å². The van der Waals surface area contributed by atoms with E-state index in [2.05, 4.69) is 0 Å². The highest BCUT2D eigenvalue weighted by Crippen LogP contribution is 2.40. The van der Waals surface area contributed by atoms with E-state index in [4.69, 9.17) is 15.2 Å². The molecule has 0 spiro atoms. The van der Waals surface area contributed by atoms with Gasteiger partial charge in [-0.1, -0.05) is 23.8 Å². The predicted molar refractivity (Wildman–Crippen MR) is 74.1 cm³/mol. The van der Waals surface area contributed by atoms with Crippen LogP contribution in [0.3, 0.4) is 0 Å². The summed E-state index contributed by atoms with van der Waals surface area (Å²) >= 11 is 0. The first-order chi connectivity index (χ1) is 8.67. The summed E-state index contributed by atoms with van der Waals surface area (Å²) in [4.78, 5) is 0. The fourth-order valence-corrected chi connectivity index (χ4v) is 2.00. The summed E-state index contributed by atoms with van der Waals surface area (Å²) in [5.74, 6) is 1.41. The molecule has 0 bridgehead atoms. The van der Waals surface area contributed by atoms with Crippen molar-refractivity contribution in [3.8, 4) is 22.6 Å². The topological polar surface area (TPSA) is 44.5 Å². The maximum Gasteiger partial charge on any atom is 0.168 e. The highest BCUT2D eigenvalue weighted by Gasteiger charge is 2.13. The molecule has 0 aliphatic heterocycles. The second-order valence-electron chi connectivity index (χ2n) is 4.13.